The van der Waals surface area contributed by atoms with Crippen LogP contribution >= 0.6 is 0 Å². The van der Waals surface area contributed by atoms with E-state index in [9.17, 15) is 8.42 Å². The zero-order valence-corrected chi connectivity index (χ0v) is 11.1. The van der Waals surface area contributed by atoms with E-state index >= 15 is 0 Å². The van der Waals surface area contributed by atoms with Gasteiger partial charge in [0.25, 0.3) is 10.1 Å². The molecule has 0 radical (unpaired) electrons. The normalized spacial score (nSPS) is 16.1. The molecule has 0 N–H and O–H groups in total. The van der Waals surface area contributed by atoms with Crippen LogP contribution in [0.2, 0.25) is 0 Å². The average Bonchev–Trinajstić information content (AvgIpc) is 2.38. The molecule has 0 heterocycles. The predicted octanol–water partition coefficient (Wildman–Crippen LogP) is 2.83. The van der Waals surface area contributed by atoms with Crippen LogP contribution < -0.4 is 0 Å². The lowest BCUT2D eigenvalue weighted by atomic mass is 10.1. The number of rotatable bonds is 4. The molecule has 3 nitrogen and oxygen atoms in total. The molecule has 0 bridgehead atoms. The summed E-state index contributed by atoms with van der Waals surface area (Å²) in [6.45, 7) is 2.07. The third-order valence-corrected chi connectivity index (χ3v) is 4.06. The number of allylic oxidation sites excluding steroid dienone is 2. The minimum atomic E-state index is -3.64. The van der Waals surface area contributed by atoms with E-state index in [-0.39, 0.29) is 17.4 Å². The van der Waals surface area contributed by atoms with E-state index < -0.39 is 10.1 Å². The largest absolute Gasteiger partial charge is 0.297 e. The second-order valence-corrected chi connectivity index (χ2v) is 5.92. The second-order valence-electron chi connectivity index (χ2n) is 4.31. The van der Waals surface area contributed by atoms with Gasteiger partial charge >= 0.3 is 0 Å². The molecule has 1 aromatic carbocycles. The summed E-state index contributed by atoms with van der Waals surface area (Å²) < 4.78 is 28.9. The van der Waals surface area contributed by atoms with Gasteiger partial charge in [-0.15, -0.1) is 0 Å². The van der Waals surface area contributed by atoms with Crippen molar-refractivity contribution in [2.24, 2.45) is 5.92 Å². The first kappa shape index (κ1) is 13.1. The maximum atomic E-state index is 11.9. The lowest BCUT2D eigenvalue weighted by Gasteiger charge is -2.11. The highest BCUT2D eigenvalue weighted by Gasteiger charge is 2.16. The Balaban J connectivity index is 2.03. The van der Waals surface area contributed by atoms with Gasteiger partial charge < -0.3 is 0 Å². The Morgan fingerprint density at radius 1 is 1.17 bits per heavy atom. The molecule has 1 aliphatic rings. The van der Waals surface area contributed by atoms with Crippen molar-refractivity contribution >= 4 is 10.1 Å². The van der Waals surface area contributed by atoms with Crippen LogP contribution in [0.1, 0.15) is 12.0 Å². The van der Waals surface area contributed by atoms with Gasteiger partial charge in [0.2, 0.25) is 0 Å². The Labute approximate surface area is 108 Å². The Morgan fingerprint density at radius 3 is 2.39 bits per heavy atom. The van der Waals surface area contributed by atoms with E-state index in [1.54, 1.807) is 24.3 Å². The van der Waals surface area contributed by atoms with Gasteiger partial charge in [0, 0.05) is 5.92 Å². The number of hydrogen-bond donors (Lipinski definition) is 0. The second kappa shape index (κ2) is 5.50. The highest BCUT2D eigenvalue weighted by molar-refractivity contribution is 7.86. The summed E-state index contributed by atoms with van der Waals surface area (Å²) in [6.07, 6.45) is 8.84. The molecule has 0 aromatic heterocycles. The Bertz CT molecular complexity index is 541. The molecule has 2 rings (SSSR count). The summed E-state index contributed by atoms with van der Waals surface area (Å²) in [7, 11) is -3.64. The van der Waals surface area contributed by atoms with Crippen LogP contribution in [-0.2, 0) is 14.3 Å². The van der Waals surface area contributed by atoms with Crippen LogP contribution in [0.15, 0.2) is 53.5 Å². The number of hydrogen-bond acceptors (Lipinski definition) is 3. The third-order valence-electron chi connectivity index (χ3n) is 2.76. The first-order valence-corrected chi connectivity index (χ1v) is 7.28. The van der Waals surface area contributed by atoms with E-state index in [0.29, 0.717) is 0 Å². The SMILES string of the molecule is Cc1ccc(S(=O)(=O)OCC2C=CCC=C2)cc1. The highest BCUT2D eigenvalue weighted by Crippen LogP contribution is 2.16. The van der Waals surface area contributed by atoms with Gasteiger partial charge in [-0.25, -0.2) is 0 Å². The first-order chi connectivity index (χ1) is 8.58. The Morgan fingerprint density at radius 2 is 1.78 bits per heavy atom. The van der Waals surface area contributed by atoms with Crippen molar-refractivity contribution in [3.8, 4) is 0 Å². The molecule has 4 heteroatoms. The van der Waals surface area contributed by atoms with E-state index in [1.165, 1.54) is 0 Å². The average molecular weight is 264 g/mol. The molecule has 1 aliphatic carbocycles. The van der Waals surface area contributed by atoms with Gasteiger partial charge in [-0.3, -0.25) is 4.18 Å². The van der Waals surface area contributed by atoms with Crippen molar-refractivity contribution in [3.05, 3.63) is 54.1 Å². The summed E-state index contributed by atoms with van der Waals surface area (Å²) >= 11 is 0. The van der Waals surface area contributed by atoms with Crippen molar-refractivity contribution in [1.82, 2.24) is 0 Å². The van der Waals surface area contributed by atoms with Gasteiger partial charge in [-0.05, 0) is 25.5 Å². The van der Waals surface area contributed by atoms with Crippen LogP contribution in [0.5, 0.6) is 0 Å². The summed E-state index contributed by atoms with van der Waals surface area (Å²) in [5.74, 6) is 0.0407. The smallest absolute Gasteiger partial charge is 0.265 e. The van der Waals surface area contributed by atoms with Crippen LogP contribution in [0, 0.1) is 12.8 Å². The van der Waals surface area contributed by atoms with E-state index in [0.717, 1.165) is 12.0 Å². The molecular weight excluding hydrogens is 248 g/mol. The highest BCUT2D eigenvalue weighted by atomic mass is 32.2. The maximum Gasteiger partial charge on any atom is 0.297 e. The predicted molar refractivity (Wildman–Crippen MR) is 70.7 cm³/mol. The van der Waals surface area contributed by atoms with Crippen molar-refractivity contribution in [2.45, 2.75) is 18.2 Å². The van der Waals surface area contributed by atoms with Gasteiger partial charge in [-0.2, -0.15) is 8.42 Å². The summed E-state index contributed by atoms with van der Waals surface area (Å²) in [4.78, 5) is 0.205. The molecule has 0 atom stereocenters. The van der Waals surface area contributed by atoms with Gasteiger partial charge in [0.15, 0.2) is 0 Å². The van der Waals surface area contributed by atoms with E-state index in [4.69, 9.17) is 4.18 Å². The van der Waals surface area contributed by atoms with Crippen LogP contribution in [-0.4, -0.2) is 15.0 Å². The summed E-state index contributed by atoms with van der Waals surface area (Å²) in [6, 6.07) is 6.65. The Hall–Kier alpha value is -1.39. The fraction of sp³-hybridized carbons (Fsp3) is 0.286. The monoisotopic (exact) mass is 264 g/mol. The number of aryl methyl sites for hydroxylation is 1. The molecule has 0 fully saturated rings. The van der Waals surface area contributed by atoms with Crippen LogP contribution in [0.25, 0.3) is 0 Å². The van der Waals surface area contributed by atoms with Gasteiger partial charge in [0.1, 0.15) is 0 Å². The zero-order chi connectivity index (χ0) is 13.0. The summed E-state index contributed by atoms with van der Waals surface area (Å²) in [5.41, 5.74) is 1.02. The molecule has 18 heavy (non-hydrogen) atoms. The molecule has 0 saturated carbocycles. The lowest BCUT2D eigenvalue weighted by Crippen LogP contribution is -2.13. The van der Waals surface area contributed by atoms with Crippen molar-refractivity contribution in [1.29, 1.82) is 0 Å². The van der Waals surface area contributed by atoms with Crippen molar-refractivity contribution in [3.63, 3.8) is 0 Å². The first-order valence-electron chi connectivity index (χ1n) is 5.87. The molecular formula is C14H16O3S. The van der Waals surface area contributed by atoms with Crippen molar-refractivity contribution in [2.75, 3.05) is 6.61 Å². The minimum Gasteiger partial charge on any atom is -0.265 e. The minimum absolute atomic E-state index is 0.0407. The maximum absolute atomic E-state index is 11.9. The lowest BCUT2D eigenvalue weighted by molar-refractivity contribution is 0.298. The molecule has 0 amide bonds. The van der Waals surface area contributed by atoms with E-state index in [1.807, 2.05) is 31.2 Å². The fourth-order valence-electron chi connectivity index (χ4n) is 1.70. The van der Waals surface area contributed by atoms with Crippen LogP contribution in [0.4, 0.5) is 0 Å². The van der Waals surface area contributed by atoms with E-state index in [2.05, 4.69) is 0 Å². The molecule has 96 valence electrons. The third kappa shape index (κ3) is 3.31. The van der Waals surface area contributed by atoms with Gasteiger partial charge in [0.05, 0.1) is 11.5 Å². The number of benzene rings is 1. The topological polar surface area (TPSA) is 43.4 Å². The Kier molecular flexibility index (Phi) is 3.99. The standard InChI is InChI=1S/C14H16O3S/c1-12-7-9-14(10-8-12)18(15,16)17-11-13-5-3-2-4-6-13/h3-10,13H,2,11H2,1H3. The molecule has 1 aromatic rings. The zero-order valence-electron chi connectivity index (χ0n) is 10.2. The van der Waals surface area contributed by atoms with Crippen molar-refractivity contribution < 1.29 is 12.6 Å². The molecule has 0 saturated heterocycles. The fourth-order valence-corrected chi connectivity index (χ4v) is 2.64. The molecule has 0 spiro atoms. The van der Waals surface area contributed by atoms with Gasteiger partial charge in [-0.1, -0.05) is 42.0 Å². The quantitative estimate of drug-likeness (QED) is 0.620. The molecule has 0 aliphatic heterocycles. The van der Waals surface area contributed by atoms with Crippen LogP contribution in [0.3, 0.4) is 0 Å². The summed E-state index contributed by atoms with van der Waals surface area (Å²) in [5, 5.41) is 0. The molecule has 0 unspecified atom stereocenters.